The molecular formula is C16H18N2O3S2. The third kappa shape index (κ3) is 4.23. The summed E-state index contributed by atoms with van der Waals surface area (Å²) in [5.41, 5.74) is 0.974. The molecule has 0 spiro atoms. The van der Waals surface area contributed by atoms with Gasteiger partial charge in [0.25, 0.3) is 0 Å². The van der Waals surface area contributed by atoms with E-state index in [4.69, 9.17) is 5.11 Å². The Bertz CT molecular complexity index is 675. The van der Waals surface area contributed by atoms with Gasteiger partial charge in [0.2, 0.25) is 5.91 Å². The maximum Gasteiger partial charge on any atom is 0.303 e. The lowest BCUT2D eigenvalue weighted by molar-refractivity contribution is -0.138. The van der Waals surface area contributed by atoms with Crippen molar-refractivity contribution >= 4 is 45.2 Å². The van der Waals surface area contributed by atoms with Gasteiger partial charge in [0.15, 0.2) is 4.34 Å². The average molecular weight is 350 g/mol. The maximum absolute atomic E-state index is 12.3. The van der Waals surface area contributed by atoms with Crippen LogP contribution < -0.4 is 0 Å². The van der Waals surface area contributed by atoms with Gasteiger partial charge in [-0.05, 0) is 30.9 Å². The summed E-state index contributed by atoms with van der Waals surface area (Å²) in [6, 6.07) is 7.96. The Morgan fingerprint density at radius 1 is 1.30 bits per heavy atom. The summed E-state index contributed by atoms with van der Waals surface area (Å²) >= 11 is 3.09. The highest BCUT2D eigenvalue weighted by Crippen LogP contribution is 2.30. The minimum Gasteiger partial charge on any atom is -0.481 e. The number of carbonyl (C=O) groups is 2. The molecule has 1 aromatic carbocycles. The lowest BCUT2D eigenvalue weighted by atomic mass is 9.94. The van der Waals surface area contributed by atoms with Gasteiger partial charge in [0, 0.05) is 19.5 Å². The van der Waals surface area contributed by atoms with Crippen LogP contribution in [0.3, 0.4) is 0 Å². The van der Waals surface area contributed by atoms with Gasteiger partial charge < -0.3 is 10.0 Å². The summed E-state index contributed by atoms with van der Waals surface area (Å²) in [5.74, 6) is -0.0404. The van der Waals surface area contributed by atoms with Crippen molar-refractivity contribution in [3.05, 3.63) is 24.3 Å². The molecule has 0 unspecified atom stereocenters. The standard InChI is InChI=1S/C16H18N2O3S2/c19-14(18-7-5-11(6-8-18)9-15(20)21)10-22-16-17-12-3-1-2-4-13(12)23-16/h1-4,11H,5-10H2,(H,20,21). The van der Waals surface area contributed by atoms with Crippen LogP contribution in [0.4, 0.5) is 0 Å². The molecule has 1 aliphatic heterocycles. The predicted octanol–water partition coefficient (Wildman–Crippen LogP) is 3.10. The number of carbonyl (C=O) groups excluding carboxylic acids is 1. The fraction of sp³-hybridized carbons (Fsp3) is 0.438. The number of carboxylic acid groups (broad SMARTS) is 1. The largest absolute Gasteiger partial charge is 0.481 e. The number of thiazole rings is 1. The van der Waals surface area contributed by atoms with Crippen molar-refractivity contribution in [1.82, 2.24) is 9.88 Å². The third-order valence-electron chi connectivity index (χ3n) is 4.02. The fourth-order valence-corrected chi connectivity index (χ4v) is 4.73. The minimum atomic E-state index is -0.749. The molecule has 3 rings (SSSR count). The zero-order valence-corrected chi connectivity index (χ0v) is 14.2. The molecule has 1 N–H and O–H groups in total. The van der Waals surface area contributed by atoms with Crippen molar-refractivity contribution < 1.29 is 14.7 Å². The Morgan fingerprint density at radius 2 is 2.04 bits per heavy atom. The average Bonchev–Trinajstić information content (AvgIpc) is 2.95. The van der Waals surface area contributed by atoms with E-state index in [0.29, 0.717) is 18.8 Å². The fourth-order valence-electron chi connectivity index (χ4n) is 2.76. The molecule has 0 radical (unpaired) electrons. The topological polar surface area (TPSA) is 70.5 Å². The normalized spacial score (nSPS) is 15.9. The van der Waals surface area contributed by atoms with Crippen LogP contribution in [-0.2, 0) is 9.59 Å². The third-order valence-corrected chi connectivity index (χ3v) is 6.19. The number of amides is 1. The zero-order valence-electron chi connectivity index (χ0n) is 12.6. The van der Waals surface area contributed by atoms with Crippen LogP contribution in [-0.4, -0.2) is 45.7 Å². The van der Waals surface area contributed by atoms with Crippen molar-refractivity contribution in [2.24, 2.45) is 5.92 Å². The van der Waals surface area contributed by atoms with Gasteiger partial charge in [-0.25, -0.2) is 4.98 Å². The van der Waals surface area contributed by atoms with Crippen LogP contribution in [0.2, 0.25) is 0 Å². The molecule has 23 heavy (non-hydrogen) atoms. The van der Waals surface area contributed by atoms with E-state index in [9.17, 15) is 9.59 Å². The van der Waals surface area contributed by atoms with E-state index in [1.165, 1.54) is 11.8 Å². The maximum atomic E-state index is 12.3. The molecule has 1 aromatic heterocycles. The first-order valence-electron chi connectivity index (χ1n) is 7.60. The first kappa shape index (κ1) is 16.3. The Balaban J connectivity index is 1.49. The van der Waals surface area contributed by atoms with E-state index < -0.39 is 5.97 Å². The lowest BCUT2D eigenvalue weighted by Gasteiger charge is -2.31. The predicted molar refractivity (Wildman–Crippen MR) is 91.9 cm³/mol. The van der Waals surface area contributed by atoms with E-state index in [-0.39, 0.29) is 18.2 Å². The molecule has 2 heterocycles. The molecule has 1 aliphatic rings. The zero-order chi connectivity index (χ0) is 16.2. The number of para-hydroxylation sites is 1. The monoisotopic (exact) mass is 350 g/mol. The van der Waals surface area contributed by atoms with Crippen LogP contribution in [0.1, 0.15) is 19.3 Å². The molecule has 2 aromatic rings. The number of aromatic nitrogens is 1. The summed E-state index contributed by atoms with van der Waals surface area (Å²) in [4.78, 5) is 29.4. The number of nitrogens with zero attached hydrogens (tertiary/aromatic N) is 2. The Labute approximate surface area is 142 Å². The molecule has 7 heteroatoms. The number of piperidine rings is 1. The van der Waals surface area contributed by atoms with Crippen molar-refractivity contribution in [2.45, 2.75) is 23.6 Å². The van der Waals surface area contributed by atoms with Gasteiger partial charge in [-0.15, -0.1) is 11.3 Å². The number of thioether (sulfide) groups is 1. The Morgan fingerprint density at radius 3 is 2.74 bits per heavy atom. The van der Waals surface area contributed by atoms with Crippen LogP contribution in [0.25, 0.3) is 10.2 Å². The molecule has 1 saturated heterocycles. The molecule has 1 fully saturated rings. The highest BCUT2D eigenvalue weighted by molar-refractivity contribution is 8.01. The first-order chi connectivity index (χ1) is 11.1. The van der Waals surface area contributed by atoms with Crippen molar-refractivity contribution in [3.8, 4) is 0 Å². The summed E-state index contributed by atoms with van der Waals surface area (Å²) in [7, 11) is 0. The Kier molecular flexibility index (Phi) is 5.17. The van der Waals surface area contributed by atoms with Gasteiger partial charge >= 0.3 is 5.97 Å². The van der Waals surface area contributed by atoms with Crippen LogP contribution >= 0.6 is 23.1 Å². The van der Waals surface area contributed by atoms with Gasteiger partial charge in [-0.1, -0.05) is 23.9 Å². The number of carboxylic acids is 1. The van der Waals surface area contributed by atoms with Crippen LogP contribution in [0.15, 0.2) is 28.6 Å². The number of aliphatic carboxylic acids is 1. The van der Waals surface area contributed by atoms with E-state index >= 15 is 0 Å². The van der Waals surface area contributed by atoms with E-state index in [0.717, 1.165) is 27.4 Å². The molecule has 0 saturated carbocycles. The quantitative estimate of drug-likeness (QED) is 0.839. The molecule has 0 aliphatic carbocycles. The highest BCUT2D eigenvalue weighted by Gasteiger charge is 2.24. The van der Waals surface area contributed by atoms with Crippen molar-refractivity contribution in [2.75, 3.05) is 18.8 Å². The van der Waals surface area contributed by atoms with Gasteiger partial charge in [0.1, 0.15) is 0 Å². The van der Waals surface area contributed by atoms with Crippen molar-refractivity contribution in [3.63, 3.8) is 0 Å². The second kappa shape index (κ2) is 7.31. The van der Waals surface area contributed by atoms with Gasteiger partial charge in [0.05, 0.1) is 16.0 Å². The number of rotatable bonds is 5. The summed E-state index contributed by atoms with van der Waals surface area (Å²) in [5, 5.41) is 8.82. The number of fused-ring (bicyclic) bond motifs is 1. The van der Waals surface area contributed by atoms with Gasteiger partial charge in [-0.3, -0.25) is 9.59 Å². The number of benzene rings is 1. The van der Waals surface area contributed by atoms with Crippen molar-refractivity contribution in [1.29, 1.82) is 0 Å². The van der Waals surface area contributed by atoms with E-state index in [1.54, 1.807) is 11.3 Å². The second-order valence-corrected chi connectivity index (χ2v) is 7.91. The smallest absolute Gasteiger partial charge is 0.303 e. The summed E-state index contributed by atoms with van der Waals surface area (Å²) in [6.07, 6.45) is 1.77. The minimum absolute atomic E-state index is 0.114. The van der Waals surface area contributed by atoms with Crippen LogP contribution in [0, 0.1) is 5.92 Å². The first-order valence-corrected chi connectivity index (χ1v) is 9.40. The highest BCUT2D eigenvalue weighted by atomic mass is 32.2. The molecular weight excluding hydrogens is 332 g/mol. The lowest BCUT2D eigenvalue weighted by Crippen LogP contribution is -2.39. The van der Waals surface area contributed by atoms with Gasteiger partial charge in [-0.2, -0.15) is 0 Å². The number of likely N-dealkylation sites (tertiary alicyclic amines) is 1. The number of hydrogen-bond donors (Lipinski definition) is 1. The van der Waals surface area contributed by atoms with E-state index in [1.807, 2.05) is 29.2 Å². The number of hydrogen-bond acceptors (Lipinski definition) is 5. The molecule has 5 nitrogen and oxygen atoms in total. The summed E-state index contributed by atoms with van der Waals surface area (Å²) in [6.45, 7) is 1.33. The molecule has 0 bridgehead atoms. The summed E-state index contributed by atoms with van der Waals surface area (Å²) < 4.78 is 2.05. The molecule has 0 atom stereocenters. The van der Waals surface area contributed by atoms with Crippen LogP contribution in [0.5, 0.6) is 0 Å². The Hall–Kier alpha value is -1.60. The van der Waals surface area contributed by atoms with E-state index in [2.05, 4.69) is 4.98 Å². The second-order valence-electron chi connectivity index (χ2n) is 5.66. The molecule has 122 valence electrons. The SMILES string of the molecule is O=C(O)CC1CCN(C(=O)CSc2nc3ccccc3s2)CC1. The molecule has 1 amide bonds.